The summed E-state index contributed by atoms with van der Waals surface area (Å²) in [4.78, 5) is 24.5. The van der Waals surface area contributed by atoms with Crippen molar-refractivity contribution in [2.24, 2.45) is 5.41 Å². The molecule has 2 saturated heterocycles. The predicted octanol–water partition coefficient (Wildman–Crippen LogP) is 2.50. The van der Waals surface area contributed by atoms with Crippen LogP contribution in [0.15, 0.2) is 24.3 Å². The van der Waals surface area contributed by atoms with Gasteiger partial charge in [0, 0.05) is 17.1 Å². The quantitative estimate of drug-likeness (QED) is 0.824. The lowest BCUT2D eigenvalue weighted by Gasteiger charge is -2.45. The first-order valence-corrected chi connectivity index (χ1v) is 8.92. The highest BCUT2D eigenvalue weighted by molar-refractivity contribution is 6.01. The lowest BCUT2D eigenvalue weighted by molar-refractivity contribution is -0.125. The fourth-order valence-electron chi connectivity index (χ4n) is 4.44. The molecule has 2 aliphatic heterocycles. The summed E-state index contributed by atoms with van der Waals surface area (Å²) in [5, 5.41) is 6.12. The van der Waals surface area contributed by atoms with E-state index in [9.17, 15) is 9.59 Å². The van der Waals surface area contributed by atoms with Gasteiger partial charge in [-0.3, -0.25) is 9.69 Å². The third-order valence-electron chi connectivity index (χ3n) is 5.53. The zero-order valence-electron chi connectivity index (χ0n) is 14.8. The Kier molecular flexibility index (Phi) is 3.76. The van der Waals surface area contributed by atoms with Crippen LogP contribution in [-0.2, 0) is 16.1 Å². The van der Waals surface area contributed by atoms with E-state index in [4.69, 9.17) is 4.74 Å². The van der Waals surface area contributed by atoms with E-state index in [1.165, 1.54) is 4.90 Å². The number of rotatable bonds is 4. The van der Waals surface area contributed by atoms with Crippen molar-refractivity contribution in [3.63, 3.8) is 0 Å². The largest absolute Gasteiger partial charge is 0.382 e. The van der Waals surface area contributed by atoms with Crippen molar-refractivity contribution in [2.75, 3.05) is 18.5 Å². The van der Waals surface area contributed by atoms with Gasteiger partial charge in [0.25, 0.3) is 0 Å². The van der Waals surface area contributed by atoms with Crippen LogP contribution < -0.4 is 10.6 Å². The molecule has 3 aliphatic rings. The molecule has 0 atom stereocenters. The number of benzene rings is 1. The Morgan fingerprint density at radius 2 is 1.96 bits per heavy atom. The van der Waals surface area contributed by atoms with Crippen molar-refractivity contribution in [1.29, 1.82) is 0 Å². The van der Waals surface area contributed by atoms with Crippen LogP contribution in [0.2, 0.25) is 0 Å². The van der Waals surface area contributed by atoms with Gasteiger partial charge < -0.3 is 15.4 Å². The number of hydrogen-bond donors (Lipinski definition) is 2. The second-order valence-electron chi connectivity index (χ2n) is 8.31. The van der Waals surface area contributed by atoms with Gasteiger partial charge in [0.1, 0.15) is 0 Å². The number of ether oxygens (including phenoxy) is 1. The summed E-state index contributed by atoms with van der Waals surface area (Å²) in [5.41, 5.74) is 2.42. The van der Waals surface area contributed by atoms with Gasteiger partial charge in [-0.15, -0.1) is 0 Å². The fraction of sp³-hybridized carbons (Fsp3) is 0.579. The molecule has 1 spiro atoms. The standard InChI is InChI=1S/C19H25N3O3/c1-18(2)11-19(12-25-18)7-15(8-19)21-14-5-3-13(4-6-14)10-22-16(23)9-20-17(22)24/h3-6,15,21H,7-12H2,1-2H3,(H,20,24). The molecule has 0 unspecified atom stereocenters. The van der Waals surface area contributed by atoms with E-state index in [2.05, 4.69) is 24.5 Å². The van der Waals surface area contributed by atoms with Crippen LogP contribution in [0.5, 0.6) is 0 Å². The highest BCUT2D eigenvalue weighted by Crippen LogP contribution is 2.53. The molecule has 0 bridgehead atoms. The molecule has 2 N–H and O–H groups in total. The molecule has 6 nitrogen and oxygen atoms in total. The smallest absolute Gasteiger partial charge is 0.324 e. The molecule has 1 saturated carbocycles. The summed E-state index contributed by atoms with van der Waals surface area (Å²) in [6.45, 7) is 5.65. The normalized spacial score (nSPS) is 30.5. The first-order valence-electron chi connectivity index (χ1n) is 8.92. The maximum atomic E-state index is 11.6. The van der Waals surface area contributed by atoms with Crippen molar-refractivity contribution in [1.82, 2.24) is 10.2 Å². The molecule has 3 fully saturated rings. The van der Waals surface area contributed by atoms with E-state index >= 15 is 0 Å². The summed E-state index contributed by atoms with van der Waals surface area (Å²) in [6, 6.07) is 8.17. The second-order valence-corrected chi connectivity index (χ2v) is 8.31. The number of hydrogen-bond acceptors (Lipinski definition) is 4. The highest BCUT2D eigenvalue weighted by atomic mass is 16.5. The van der Waals surface area contributed by atoms with Gasteiger partial charge in [0.15, 0.2) is 0 Å². The van der Waals surface area contributed by atoms with Gasteiger partial charge in [-0.05, 0) is 50.8 Å². The van der Waals surface area contributed by atoms with Crippen molar-refractivity contribution >= 4 is 17.6 Å². The molecular formula is C19H25N3O3. The molecule has 25 heavy (non-hydrogen) atoms. The van der Waals surface area contributed by atoms with Crippen molar-refractivity contribution in [2.45, 2.75) is 51.3 Å². The average molecular weight is 343 g/mol. The molecule has 6 heteroatoms. The SMILES string of the molecule is CC1(C)CC2(CO1)CC(Nc1ccc(CN3C(=O)CNC3=O)cc1)C2. The van der Waals surface area contributed by atoms with Gasteiger partial charge in [-0.1, -0.05) is 12.1 Å². The fourth-order valence-corrected chi connectivity index (χ4v) is 4.44. The molecule has 4 rings (SSSR count). The lowest BCUT2D eigenvalue weighted by atomic mass is 9.63. The maximum Gasteiger partial charge on any atom is 0.324 e. The van der Waals surface area contributed by atoms with Gasteiger partial charge in [0.2, 0.25) is 5.91 Å². The molecule has 1 aliphatic carbocycles. The molecule has 134 valence electrons. The predicted molar refractivity (Wildman–Crippen MR) is 94.1 cm³/mol. The lowest BCUT2D eigenvalue weighted by Crippen LogP contribution is -2.46. The van der Waals surface area contributed by atoms with Crippen LogP contribution in [0.4, 0.5) is 10.5 Å². The topological polar surface area (TPSA) is 70.7 Å². The summed E-state index contributed by atoms with van der Waals surface area (Å²) in [7, 11) is 0. The first kappa shape index (κ1) is 16.4. The number of carbonyl (C=O) groups excluding carboxylic acids is 2. The van der Waals surface area contributed by atoms with Crippen molar-refractivity contribution in [3.8, 4) is 0 Å². The molecule has 3 amide bonds. The third kappa shape index (κ3) is 3.23. The summed E-state index contributed by atoms with van der Waals surface area (Å²) in [5.74, 6) is -0.173. The van der Waals surface area contributed by atoms with Crippen LogP contribution in [0.3, 0.4) is 0 Å². The molecule has 0 radical (unpaired) electrons. The number of carbonyl (C=O) groups is 2. The van der Waals surface area contributed by atoms with Gasteiger partial charge >= 0.3 is 6.03 Å². The minimum absolute atomic E-state index is 0.0198. The number of anilines is 1. The van der Waals surface area contributed by atoms with Crippen LogP contribution in [-0.4, -0.2) is 41.6 Å². The monoisotopic (exact) mass is 343 g/mol. The summed E-state index contributed by atoms with van der Waals surface area (Å²) >= 11 is 0. The van der Waals surface area contributed by atoms with Crippen LogP contribution in [0.25, 0.3) is 0 Å². The minimum atomic E-state index is -0.311. The van der Waals surface area contributed by atoms with Gasteiger partial charge in [0.05, 0.1) is 25.3 Å². The Bertz CT molecular complexity index is 676. The first-order chi connectivity index (χ1) is 11.8. The van der Waals surface area contributed by atoms with Gasteiger partial charge in [-0.25, -0.2) is 4.79 Å². The molecule has 0 aromatic heterocycles. The van der Waals surface area contributed by atoms with E-state index in [-0.39, 0.29) is 24.1 Å². The second kappa shape index (κ2) is 5.73. The van der Waals surface area contributed by atoms with E-state index in [0.29, 0.717) is 18.0 Å². The third-order valence-corrected chi connectivity index (χ3v) is 5.53. The van der Waals surface area contributed by atoms with Crippen LogP contribution >= 0.6 is 0 Å². The van der Waals surface area contributed by atoms with E-state index in [0.717, 1.165) is 37.1 Å². The summed E-state index contributed by atoms with van der Waals surface area (Å²) in [6.07, 6.45) is 3.45. The Morgan fingerprint density at radius 3 is 2.52 bits per heavy atom. The Morgan fingerprint density at radius 1 is 1.24 bits per heavy atom. The number of nitrogens with zero attached hydrogens (tertiary/aromatic N) is 1. The average Bonchev–Trinajstić information content (AvgIpc) is 3.02. The van der Waals surface area contributed by atoms with Crippen LogP contribution in [0.1, 0.15) is 38.7 Å². The van der Waals surface area contributed by atoms with Crippen molar-refractivity contribution < 1.29 is 14.3 Å². The number of urea groups is 1. The van der Waals surface area contributed by atoms with E-state index in [1.807, 2.05) is 24.3 Å². The molecular weight excluding hydrogens is 318 g/mol. The Labute approximate surface area is 147 Å². The maximum absolute atomic E-state index is 11.6. The Hall–Kier alpha value is -2.08. The molecule has 2 heterocycles. The van der Waals surface area contributed by atoms with Crippen molar-refractivity contribution in [3.05, 3.63) is 29.8 Å². The minimum Gasteiger partial charge on any atom is -0.382 e. The number of amides is 3. The number of imide groups is 1. The number of nitrogens with one attached hydrogen (secondary N) is 2. The molecule has 1 aromatic rings. The highest BCUT2D eigenvalue weighted by Gasteiger charge is 2.52. The van der Waals surface area contributed by atoms with E-state index in [1.54, 1.807) is 0 Å². The van der Waals surface area contributed by atoms with E-state index < -0.39 is 0 Å². The summed E-state index contributed by atoms with van der Waals surface area (Å²) < 4.78 is 5.90. The Balaban J connectivity index is 1.30. The molecule has 1 aromatic carbocycles. The van der Waals surface area contributed by atoms with Crippen LogP contribution in [0, 0.1) is 5.41 Å². The van der Waals surface area contributed by atoms with Gasteiger partial charge in [-0.2, -0.15) is 0 Å². The zero-order chi connectivity index (χ0) is 17.7. The zero-order valence-corrected chi connectivity index (χ0v) is 14.8.